The fraction of sp³-hybridized carbons (Fsp3) is 0.227. The number of aliphatic hydroxyl groups excluding tert-OH is 1. The van der Waals surface area contributed by atoms with Gasteiger partial charge < -0.3 is 15.0 Å². The molecule has 4 aromatic rings. The Morgan fingerprint density at radius 1 is 1.07 bits per heavy atom. The number of imidazole rings is 1. The molecule has 7 nitrogen and oxygen atoms in total. The van der Waals surface area contributed by atoms with Gasteiger partial charge in [0.2, 0.25) is 5.95 Å². The molecule has 0 aliphatic heterocycles. The second-order valence-corrected chi connectivity index (χ2v) is 6.81. The van der Waals surface area contributed by atoms with Crippen molar-refractivity contribution >= 4 is 17.1 Å². The van der Waals surface area contributed by atoms with Gasteiger partial charge in [-0.25, -0.2) is 4.98 Å². The molecule has 2 aromatic heterocycles. The van der Waals surface area contributed by atoms with E-state index in [2.05, 4.69) is 10.3 Å². The molecule has 0 saturated heterocycles. The van der Waals surface area contributed by atoms with Crippen LogP contribution in [0.25, 0.3) is 11.2 Å². The number of aliphatic hydroxyl groups is 1. The first-order valence-corrected chi connectivity index (χ1v) is 9.63. The maximum Gasteiger partial charge on any atom is 0.283 e. The number of nitrogens with zero attached hydrogens (tertiary/aromatic N) is 4. The third-order valence-electron chi connectivity index (χ3n) is 4.93. The van der Waals surface area contributed by atoms with Gasteiger partial charge in [0.05, 0.1) is 25.5 Å². The van der Waals surface area contributed by atoms with Crippen molar-refractivity contribution in [2.75, 3.05) is 11.9 Å². The molecule has 0 saturated carbocycles. The van der Waals surface area contributed by atoms with Gasteiger partial charge in [0, 0.05) is 6.54 Å². The van der Waals surface area contributed by atoms with Crippen LogP contribution in [0.2, 0.25) is 0 Å². The lowest BCUT2D eigenvalue weighted by molar-refractivity contribution is 0.275. The third kappa shape index (κ3) is 3.77. The van der Waals surface area contributed by atoms with Crippen molar-refractivity contribution in [3.05, 3.63) is 88.5 Å². The fourth-order valence-corrected chi connectivity index (χ4v) is 3.40. The summed E-state index contributed by atoms with van der Waals surface area (Å²) >= 11 is 0. The average Bonchev–Trinajstić information content (AvgIpc) is 3.16. The molecule has 0 aliphatic rings. The number of rotatable bonds is 7. The Balaban J connectivity index is 1.76. The lowest BCUT2D eigenvalue weighted by Crippen LogP contribution is -2.27. The summed E-state index contributed by atoms with van der Waals surface area (Å²) in [7, 11) is 0. The molecule has 0 fully saturated rings. The second-order valence-electron chi connectivity index (χ2n) is 6.81. The summed E-state index contributed by atoms with van der Waals surface area (Å²) in [6.45, 7) is 2.78. The quantitative estimate of drug-likeness (QED) is 0.508. The van der Waals surface area contributed by atoms with E-state index in [0.29, 0.717) is 30.2 Å². The van der Waals surface area contributed by atoms with Gasteiger partial charge in [0.1, 0.15) is 0 Å². The molecule has 0 radical (unpaired) electrons. The summed E-state index contributed by atoms with van der Waals surface area (Å²) < 4.78 is 3.42. The van der Waals surface area contributed by atoms with Gasteiger partial charge in [0.25, 0.3) is 5.56 Å². The van der Waals surface area contributed by atoms with E-state index in [0.717, 1.165) is 11.1 Å². The Labute approximate surface area is 168 Å². The smallest absolute Gasteiger partial charge is 0.283 e. The SMILES string of the molecule is CCn1c(N[C@@H](CO)c2ccccc2)nc2c(ncn2Cc2ccccc2)c1=O. The van der Waals surface area contributed by atoms with E-state index in [4.69, 9.17) is 4.98 Å². The Bertz CT molecular complexity index is 1150. The molecule has 0 amide bonds. The molecule has 29 heavy (non-hydrogen) atoms. The molecular weight excluding hydrogens is 366 g/mol. The molecule has 0 unspecified atom stereocenters. The highest BCUT2D eigenvalue weighted by Crippen LogP contribution is 2.19. The topological polar surface area (TPSA) is 85.0 Å². The van der Waals surface area contributed by atoms with Gasteiger partial charge in [-0.2, -0.15) is 4.98 Å². The van der Waals surface area contributed by atoms with Crippen LogP contribution >= 0.6 is 0 Å². The maximum atomic E-state index is 13.0. The molecule has 2 N–H and O–H groups in total. The van der Waals surface area contributed by atoms with Crippen LogP contribution in [-0.2, 0) is 13.1 Å². The Kier molecular flexibility index (Phi) is 5.39. The van der Waals surface area contributed by atoms with Crippen LogP contribution in [0, 0.1) is 0 Å². The van der Waals surface area contributed by atoms with E-state index in [9.17, 15) is 9.90 Å². The van der Waals surface area contributed by atoms with Crippen LogP contribution in [-0.4, -0.2) is 30.8 Å². The predicted molar refractivity (Wildman–Crippen MR) is 113 cm³/mol. The minimum atomic E-state index is -0.371. The molecule has 4 rings (SSSR count). The van der Waals surface area contributed by atoms with Crippen LogP contribution < -0.4 is 10.9 Å². The number of anilines is 1. The van der Waals surface area contributed by atoms with E-state index >= 15 is 0 Å². The lowest BCUT2D eigenvalue weighted by atomic mass is 10.1. The van der Waals surface area contributed by atoms with Gasteiger partial charge in [0.15, 0.2) is 11.2 Å². The second kappa shape index (κ2) is 8.28. The van der Waals surface area contributed by atoms with E-state index < -0.39 is 0 Å². The van der Waals surface area contributed by atoms with Crippen LogP contribution in [0.15, 0.2) is 71.8 Å². The molecule has 0 bridgehead atoms. The average molecular weight is 389 g/mol. The van der Waals surface area contributed by atoms with Gasteiger partial charge in [-0.05, 0) is 18.1 Å². The Hall–Kier alpha value is -3.45. The molecule has 0 aliphatic carbocycles. The van der Waals surface area contributed by atoms with Crippen molar-refractivity contribution in [1.29, 1.82) is 0 Å². The highest BCUT2D eigenvalue weighted by atomic mass is 16.3. The molecule has 1 atom stereocenters. The first-order chi connectivity index (χ1) is 14.2. The molecule has 2 heterocycles. The zero-order chi connectivity index (χ0) is 20.2. The number of benzene rings is 2. The molecule has 148 valence electrons. The highest BCUT2D eigenvalue weighted by molar-refractivity contribution is 5.71. The van der Waals surface area contributed by atoms with Gasteiger partial charge in [-0.15, -0.1) is 0 Å². The first-order valence-electron chi connectivity index (χ1n) is 9.63. The number of aromatic nitrogens is 4. The summed E-state index contributed by atoms with van der Waals surface area (Å²) in [6, 6.07) is 19.2. The third-order valence-corrected chi connectivity index (χ3v) is 4.93. The monoisotopic (exact) mass is 389 g/mol. The molecule has 0 spiro atoms. The Morgan fingerprint density at radius 3 is 2.41 bits per heavy atom. The fourth-order valence-electron chi connectivity index (χ4n) is 3.40. The maximum absolute atomic E-state index is 13.0. The predicted octanol–water partition coefficient (Wildman–Crippen LogP) is 2.81. The summed E-state index contributed by atoms with van der Waals surface area (Å²) in [4.78, 5) is 22.0. The number of hydrogen-bond donors (Lipinski definition) is 2. The van der Waals surface area contributed by atoms with Crippen molar-refractivity contribution in [3.8, 4) is 0 Å². The van der Waals surface area contributed by atoms with Crippen LogP contribution in [0.4, 0.5) is 5.95 Å². The van der Waals surface area contributed by atoms with Crippen LogP contribution in [0.1, 0.15) is 24.1 Å². The largest absolute Gasteiger partial charge is 0.394 e. The van der Waals surface area contributed by atoms with Crippen molar-refractivity contribution in [2.24, 2.45) is 0 Å². The van der Waals surface area contributed by atoms with E-state index in [-0.39, 0.29) is 18.2 Å². The zero-order valence-corrected chi connectivity index (χ0v) is 16.2. The van der Waals surface area contributed by atoms with Gasteiger partial charge >= 0.3 is 0 Å². The van der Waals surface area contributed by atoms with Crippen molar-refractivity contribution in [2.45, 2.75) is 26.1 Å². The normalized spacial score (nSPS) is 12.2. The van der Waals surface area contributed by atoms with Crippen molar-refractivity contribution in [3.63, 3.8) is 0 Å². The molecular formula is C22H23N5O2. The summed E-state index contributed by atoms with van der Waals surface area (Å²) in [5.74, 6) is 0.419. The van der Waals surface area contributed by atoms with E-state index in [1.807, 2.05) is 72.2 Å². The van der Waals surface area contributed by atoms with Crippen molar-refractivity contribution < 1.29 is 5.11 Å². The standard InChI is InChI=1S/C22H23N5O2/c1-2-27-21(29)19-20(26(15-23-19)13-16-9-5-3-6-10-16)25-22(27)24-18(14-28)17-11-7-4-8-12-17/h3-12,15,18,28H,2,13-14H2,1H3,(H,24,25)/t18-/m0/s1. The summed E-state index contributed by atoms with van der Waals surface area (Å²) in [5, 5.41) is 13.1. The number of fused-ring (bicyclic) bond motifs is 1. The molecule has 2 aromatic carbocycles. The first kappa shape index (κ1) is 18.9. The Morgan fingerprint density at radius 2 is 1.76 bits per heavy atom. The minimum Gasteiger partial charge on any atom is -0.394 e. The number of nitrogens with one attached hydrogen (secondary N) is 1. The van der Waals surface area contributed by atoms with Gasteiger partial charge in [-0.3, -0.25) is 9.36 Å². The van der Waals surface area contributed by atoms with Crippen molar-refractivity contribution in [1.82, 2.24) is 19.1 Å². The number of hydrogen-bond acceptors (Lipinski definition) is 5. The van der Waals surface area contributed by atoms with E-state index in [1.165, 1.54) is 0 Å². The summed E-state index contributed by atoms with van der Waals surface area (Å²) in [5.41, 5.74) is 2.69. The van der Waals surface area contributed by atoms with Gasteiger partial charge in [-0.1, -0.05) is 60.7 Å². The van der Waals surface area contributed by atoms with E-state index in [1.54, 1.807) is 10.9 Å². The highest BCUT2D eigenvalue weighted by Gasteiger charge is 2.18. The van der Waals surface area contributed by atoms with Crippen LogP contribution in [0.3, 0.4) is 0 Å². The minimum absolute atomic E-state index is 0.120. The molecule has 7 heteroatoms. The lowest BCUT2D eigenvalue weighted by Gasteiger charge is -2.20. The zero-order valence-electron chi connectivity index (χ0n) is 16.2. The van der Waals surface area contributed by atoms with Crippen LogP contribution in [0.5, 0.6) is 0 Å². The summed E-state index contributed by atoms with van der Waals surface area (Å²) in [6.07, 6.45) is 1.65.